The molecule has 0 aromatic rings. The molecule has 0 aromatic heterocycles. The number of primary amides is 1. The van der Waals surface area contributed by atoms with Crippen LogP contribution in [0.4, 0.5) is 4.79 Å². The van der Waals surface area contributed by atoms with E-state index in [1.54, 1.807) is 0 Å². The molecule has 104 valence electrons. The van der Waals surface area contributed by atoms with E-state index in [2.05, 4.69) is 14.8 Å². The van der Waals surface area contributed by atoms with Gasteiger partial charge in [-0.25, -0.2) is 4.79 Å². The van der Waals surface area contributed by atoms with Crippen LogP contribution in [0.3, 0.4) is 0 Å². The summed E-state index contributed by atoms with van der Waals surface area (Å²) in [6, 6.07) is 0. The summed E-state index contributed by atoms with van der Waals surface area (Å²) in [5.41, 5.74) is 12.7. The minimum absolute atomic E-state index is 0.137. The van der Waals surface area contributed by atoms with Crippen LogP contribution in [0.5, 0.6) is 0 Å². The quantitative estimate of drug-likeness (QED) is 0.236. The molecule has 9 heteroatoms. The van der Waals surface area contributed by atoms with Crippen molar-refractivity contribution in [1.29, 1.82) is 0 Å². The fraction of sp³-hybridized carbons (Fsp3) is 0.889. The first-order chi connectivity index (χ1) is 8.77. The number of ether oxygens (including phenoxy) is 4. The third-order valence-corrected chi connectivity index (χ3v) is 1.61. The summed E-state index contributed by atoms with van der Waals surface area (Å²) in [5.74, 6) is 0. The summed E-state index contributed by atoms with van der Waals surface area (Å²) in [4.78, 5) is 12.8. The van der Waals surface area contributed by atoms with Gasteiger partial charge in [0, 0.05) is 11.5 Å². The Morgan fingerprint density at radius 1 is 1.00 bits per heavy atom. The lowest BCUT2D eigenvalue weighted by molar-refractivity contribution is 0.00732. The number of hydrogen-bond donors (Lipinski definition) is 1. The number of nitrogens with zero attached hydrogens (tertiary/aromatic N) is 3. The van der Waals surface area contributed by atoms with Crippen LogP contribution in [0.15, 0.2) is 5.11 Å². The molecule has 0 aliphatic heterocycles. The SMILES string of the molecule is [N-]=[N+]=NCCOCCOCCOCCOC(N)=O. The van der Waals surface area contributed by atoms with E-state index in [-0.39, 0.29) is 13.2 Å². The van der Waals surface area contributed by atoms with Crippen molar-refractivity contribution >= 4 is 6.09 Å². The Labute approximate surface area is 105 Å². The Kier molecular flexibility index (Phi) is 12.4. The summed E-state index contributed by atoms with van der Waals surface area (Å²) in [7, 11) is 0. The van der Waals surface area contributed by atoms with E-state index in [0.29, 0.717) is 39.6 Å². The van der Waals surface area contributed by atoms with Gasteiger partial charge in [-0.15, -0.1) is 0 Å². The predicted molar refractivity (Wildman–Crippen MR) is 62.0 cm³/mol. The maximum Gasteiger partial charge on any atom is 0.404 e. The van der Waals surface area contributed by atoms with Crippen molar-refractivity contribution in [3.63, 3.8) is 0 Å². The van der Waals surface area contributed by atoms with Gasteiger partial charge in [0.2, 0.25) is 0 Å². The van der Waals surface area contributed by atoms with Gasteiger partial charge in [0.15, 0.2) is 0 Å². The molecule has 0 atom stereocenters. The summed E-state index contributed by atoms with van der Waals surface area (Å²) in [6.45, 7) is 2.83. The van der Waals surface area contributed by atoms with E-state index >= 15 is 0 Å². The van der Waals surface area contributed by atoms with Gasteiger partial charge in [-0.05, 0) is 5.53 Å². The fourth-order valence-electron chi connectivity index (χ4n) is 0.893. The molecule has 0 radical (unpaired) electrons. The van der Waals surface area contributed by atoms with Crippen molar-refractivity contribution in [2.45, 2.75) is 0 Å². The Morgan fingerprint density at radius 2 is 1.50 bits per heavy atom. The number of rotatable bonds is 12. The minimum Gasteiger partial charge on any atom is -0.447 e. The molecule has 0 saturated carbocycles. The molecule has 1 amide bonds. The van der Waals surface area contributed by atoms with E-state index < -0.39 is 6.09 Å². The number of hydrogen-bond acceptors (Lipinski definition) is 6. The van der Waals surface area contributed by atoms with Crippen LogP contribution in [-0.2, 0) is 18.9 Å². The first-order valence-corrected chi connectivity index (χ1v) is 5.43. The second kappa shape index (κ2) is 13.5. The average Bonchev–Trinajstić information content (AvgIpc) is 2.34. The molecule has 0 heterocycles. The molecular formula is C9H18N4O5. The number of carbonyl (C=O) groups excluding carboxylic acids is 1. The topological polar surface area (TPSA) is 129 Å². The third-order valence-electron chi connectivity index (χ3n) is 1.61. The average molecular weight is 262 g/mol. The standard InChI is InChI=1S/C9H18N4O5/c10-9(14)18-8-7-17-6-5-16-4-3-15-2-1-12-13-11/h1-8H2,(H2,10,14). The summed E-state index contributed by atoms with van der Waals surface area (Å²) in [6.07, 6.45) is -0.812. The molecule has 0 fully saturated rings. The highest BCUT2D eigenvalue weighted by Crippen LogP contribution is 1.83. The Bertz CT molecular complexity index is 245. The van der Waals surface area contributed by atoms with E-state index in [4.69, 9.17) is 25.5 Å². The summed E-state index contributed by atoms with van der Waals surface area (Å²) < 4.78 is 19.8. The number of amides is 1. The van der Waals surface area contributed by atoms with Crippen molar-refractivity contribution in [2.75, 3.05) is 52.8 Å². The van der Waals surface area contributed by atoms with Crippen LogP contribution in [0, 0.1) is 0 Å². The molecule has 0 spiro atoms. The molecule has 9 nitrogen and oxygen atoms in total. The van der Waals surface area contributed by atoms with Crippen molar-refractivity contribution < 1.29 is 23.7 Å². The molecule has 0 aliphatic carbocycles. The first kappa shape index (κ1) is 16.5. The largest absolute Gasteiger partial charge is 0.447 e. The van der Waals surface area contributed by atoms with Gasteiger partial charge < -0.3 is 24.7 Å². The molecule has 0 bridgehead atoms. The second-order valence-electron chi connectivity index (χ2n) is 2.96. The van der Waals surface area contributed by atoms with Gasteiger partial charge in [0.1, 0.15) is 6.61 Å². The van der Waals surface area contributed by atoms with Gasteiger partial charge in [0.25, 0.3) is 0 Å². The highest BCUT2D eigenvalue weighted by Gasteiger charge is 1.94. The minimum atomic E-state index is -0.812. The van der Waals surface area contributed by atoms with Crippen molar-refractivity contribution in [2.24, 2.45) is 10.8 Å². The van der Waals surface area contributed by atoms with Gasteiger partial charge in [0.05, 0.1) is 39.6 Å². The Morgan fingerprint density at radius 3 is 2.00 bits per heavy atom. The zero-order valence-corrected chi connectivity index (χ0v) is 10.1. The Balaban J connectivity index is 2.98. The zero-order valence-electron chi connectivity index (χ0n) is 10.1. The number of carbonyl (C=O) groups is 1. The van der Waals surface area contributed by atoms with Crippen molar-refractivity contribution in [1.82, 2.24) is 0 Å². The van der Waals surface area contributed by atoms with Crippen LogP contribution >= 0.6 is 0 Å². The highest BCUT2D eigenvalue weighted by atomic mass is 16.6. The zero-order chi connectivity index (χ0) is 13.5. The third kappa shape index (κ3) is 14.5. The molecular weight excluding hydrogens is 244 g/mol. The lowest BCUT2D eigenvalue weighted by Gasteiger charge is -2.06. The summed E-state index contributed by atoms with van der Waals surface area (Å²) >= 11 is 0. The lowest BCUT2D eigenvalue weighted by atomic mass is 10.7. The van der Waals surface area contributed by atoms with E-state index in [9.17, 15) is 4.79 Å². The molecule has 18 heavy (non-hydrogen) atoms. The van der Waals surface area contributed by atoms with E-state index in [1.807, 2.05) is 0 Å². The van der Waals surface area contributed by atoms with Gasteiger partial charge in [-0.3, -0.25) is 0 Å². The van der Waals surface area contributed by atoms with E-state index in [0.717, 1.165) is 0 Å². The number of nitrogens with two attached hydrogens (primary N) is 1. The lowest BCUT2D eigenvalue weighted by Crippen LogP contribution is -2.17. The maximum atomic E-state index is 10.2. The van der Waals surface area contributed by atoms with Gasteiger partial charge in [-0.2, -0.15) is 0 Å². The van der Waals surface area contributed by atoms with E-state index in [1.165, 1.54) is 0 Å². The van der Waals surface area contributed by atoms with Crippen LogP contribution < -0.4 is 5.73 Å². The molecule has 2 N–H and O–H groups in total. The first-order valence-electron chi connectivity index (χ1n) is 5.43. The van der Waals surface area contributed by atoms with Crippen LogP contribution in [-0.4, -0.2) is 58.9 Å². The molecule has 0 rings (SSSR count). The number of azide groups is 1. The Hall–Kier alpha value is -1.54. The summed E-state index contributed by atoms with van der Waals surface area (Å²) in [5, 5.41) is 3.31. The molecule has 0 unspecified atom stereocenters. The monoisotopic (exact) mass is 262 g/mol. The van der Waals surface area contributed by atoms with Crippen LogP contribution in [0.1, 0.15) is 0 Å². The fourth-order valence-corrected chi connectivity index (χ4v) is 0.893. The normalized spacial score (nSPS) is 9.78. The van der Waals surface area contributed by atoms with Gasteiger partial charge in [-0.1, -0.05) is 5.11 Å². The maximum absolute atomic E-state index is 10.2. The second-order valence-corrected chi connectivity index (χ2v) is 2.96. The van der Waals surface area contributed by atoms with Crippen LogP contribution in [0.25, 0.3) is 10.4 Å². The highest BCUT2D eigenvalue weighted by molar-refractivity contribution is 5.64. The van der Waals surface area contributed by atoms with Crippen molar-refractivity contribution in [3.05, 3.63) is 10.4 Å². The van der Waals surface area contributed by atoms with Crippen LogP contribution in [0.2, 0.25) is 0 Å². The van der Waals surface area contributed by atoms with Gasteiger partial charge >= 0.3 is 6.09 Å². The molecule has 0 saturated heterocycles. The predicted octanol–water partition coefficient (Wildman–Crippen LogP) is 0.442. The van der Waals surface area contributed by atoms with Crippen molar-refractivity contribution in [3.8, 4) is 0 Å². The molecule has 0 aromatic carbocycles. The molecule has 0 aliphatic rings. The smallest absolute Gasteiger partial charge is 0.404 e.